The Kier molecular flexibility index (Phi) is 6.09. The first-order valence-electron chi connectivity index (χ1n) is 7.92. The Balaban J connectivity index is 1.71. The summed E-state index contributed by atoms with van der Waals surface area (Å²) in [5.41, 5.74) is 1.77. The summed E-state index contributed by atoms with van der Waals surface area (Å²) in [5.74, 6) is -0.106. The molecule has 0 unspecified atom stereocenters. The molecule has 2 aromatic carbocycles. The van der Waals surface area contributed by atoms with Crippen molar-refractivity contribution in [3.05, 3.63) is 86.9 Å². The molecule has 0 N–H and O–H groups in total. The highest BCUT2D eigenvalue weighted by Gasteiger charge is 2.12. The molecule has 0 fully saturated rings. The number of carbonyl (C=O) groups is 1. The van der Waals surface area contributed by atoms with Crippen molar-refractivity contribution >= 4 is 51.5 Å². The lowest BCUT2D eigenvalue weighted by molar-refractivity contribution is 0.104. The van der Waals surface area contributed by atoms with E-state index in [0.29, 0.717) is 15.7 Å². The number of thiazole rings is 1. The highest BCUT2D eigenvalue weighted by Crippen LogP contribution is 2.31. The molecule has 0 atom stereocenters. The van der Waals surface area contributed by atoms with E-state index in [0.717, 1.165) is 16.6 Å². The van der Waals surface area contributed by atoms with E-state index in [1.807, 2.05) is 30.1 Å². The van der Waals surface area contributed by atoms with Crippen LogP contribution in [0.15, 0.2) is 60.7 Å². The zero-order valence-electron chi connectivity index (χ0n) is 14.0. The molecule has 26 heavy (non-hydrogen) atoms. The van der Waals surface area contributed by atoms with Crippen molar-refractivity contribution in [2.45, 2.75) is 6.54 Å². The van der Waals surface area contributed by atoms with Gasteiger partial charge in [-0.2, -0.15) is 0 Å². The van der Waals surface area contributed by atoms with Crippen molar-refractivity contribution in [1.29, 1.82) is 0 Å². The van der Waals surface area contributed by atoms with Crippen molar-refractivity contribution in [2.24, 2.45) is 0 Å². The van der Waals surface area contributed by atoms with Crippen molar-refractivity contribution in [3.8, 4) is 0 Å². The molecule has 1 aromatic heterocycles. The summed E-state index contributed by atoms with van der Waals surface area (Å²) in [7, 11) is 1.97. The predicted molar refractivity (Wildman–Crippen MR) is 110 cm³/mol. The van der Waals surface area contributed by atoms with Crippen LogP contribution in [0, 0.1) is 0 Å². The van der Waals surface area contributed by atoms with E-state index in [4.69, 9.17) is 23.2 Å². The van der Waals surface area contributed by atoms with Crippen molar-refractivity contribution in [2.75, 3.05) is 11.9 Å². The molecule has 0 aliphatic heterocycles. The van der Waals surface area contributed by atoms with Crippen molar-refractivity contribution in [1.82, 2.24) is 4.98 Å². The lowest BCUT2D eigenvalue weighted by Gasteiger charge is -2.15. The topological polar surface area (TPSA) is 33.2 Å². The van der Waals surface area contributed by atoms with Crippen LogP contribution in [0.3, 0.4) is 0 Å². The van der Waals surface area contributed by atoms with Gasteiger partial charge in [-0.1, -0.05) is 64.9 Å². The second kappa shape index (κ2) is 8.49. The van der Waals surface area contributed by atoms with Gasteiger partial charge in [-0.25, -0.2) is 4.98 Å². The van der Waals surface area contributed by atoms with Crippen LogP contribution in [-0.2, 0) is 6.54 Å². The molecular weight excluding hydrogens is 387 g/mol. The van der Waals surface area contributed by atoms with Crippen molar-refractivity contribution in [3.63, 3.8) is 0 Å². The van der Waals surface area contributed by atoms with Crippen LogP contribution >= 0.6 is 34.5 Å². The molecule has 0 aliphatic rings. The van der Waals surface area contributed by atoms with Crippen molar-refractivity contribution < 1.29 is 4.79 Å². The predicted octanol–water partition coefficient (Wildman–Crippen LogP) is 5.98. The second-order valence-electron chi connectivity index (χ2n) is 5.70. The normalized spacial score (nSPS) is 11.0. The zero-order chi connectivity index (χ0) is 18.5. The molecule has 0 amide bonds. The van der Waals surface area contributed by atoms with Gasteiger partial charge in [0.1, 0.15) is 5.15 Å². The largest absolute Gasteiger partial charge is 0.347 e. The maximum atomic E-state index is 12.2. The number of carbonyl (C=O) groups excluding carboxylic acids is 1. The number of benzene rings is 2. The van der Waals surface area contributed by atoms with Crippen LogP contribution in [0.25, 0.3) is 6.08 Å². The van der Waals surface area contributed by atoms with Gasteiger partial charge >= 0.3 is 0 Å². The number of rotatable bonds is 6. The monoisotopic (exact) mass is 402 g/mol. The summed E-state index contributed by atoms with van der Waals surface area (Å²) < 4.78 is 0. The smallest absolute Gasteiger partial charge is 0.187 e. The molecule has 0 aliphatic carbocycles. The Morgan fingerprint density at radius 1 is 1.12 bits per heavy atom. The summed E-state index contributed by atoms with van der Waals surface area (Å²) in [6.07, 6.45) is 3.21. The molecule has 0 saturated carbocycles. The molecular formula is C20H16Cl2N2OS. The molecule has 3 rings (SSSR count). The number of hydrogen-bond donors (Lipinski definition) is 0. The SMILES string of the molecule is CN(Cc1ccccc1)c1nc(Cl)c(/C=C/C(=O)c2ccc(Cl)cc2)s1. The van der Waals surface area contributed by atoms with E-state index >= 15 is 0 Å². The standard InChI is InChI=1S/C20H16Cl2N2OS/c1-24(13-14-5-3-2-4-6-14)20-23-19(22)18(26-20)12-11-17(25)15-7-9-16(21)10-8-15/h2-12H,13H2,1H3/b12-11+. The van der Waals surface area contributed by atoms with E-state index in [2.05, 4.69) is 17.1 Å². The minimum Gasteiger partial charge on any atom is -0.347 e. The Bertz CT molecular complexity index is 921. The van der Waals surface area contributed by atoms with E-state index in [1.54, 1.807) is 30.3 Å². The quantitative estimate of drug-likeness (QED) is 0.375. The first-order chi connectivity index (χ1) is 12.5. The first-order valence-corrected chi connectivity index (χ1v) is 9.49. The van der Waals surface area contributed by atoms with Gasteiger partial charge in [0.2, 0.25) is 0 Å². The van der Waals surface area contributed by atoms with Gasteiger partial charge in [0.25, 0.3) is 0 Å². The van der Waals surface area contributed by atoms with Crippen LogP contribution in [0.4, 0.5) is 5.13 Å². The van der Waals surface area contributed by atoms with E-state index in [-0.39, 0.29) is 5.78 Å². The number of halogens is 2. The van der Waals surface area contributed by atoms with E-state index < -0.39 is 0 Å². The fourth-order valence-electron chi connectivity index (χ4n) is 2.36. The van der Waals surface area contributed by atoms with E-state index in [1.165, 1.54) is 23.0 Å². The van der Waals surface area contributed by atoms with Gasteiger partial charge in [0.05, 0.1) is 4.88 Å². The summed E-state index contributed by atoms with van der Waals surface area (Å²) in [4.78, 5) is 19.4. The average molecular weight is 403 g/mol. The Morgan fingerprint density at radius 2 is 1.81 bits per heavy atom. The number of anilines is 1. The van der Waals surface area contributed by atoms with Gasteiger partial charge in [0, 0.05) is 24.2 Å². The highest BCUT2D eigenvalue weighted by atomic mass is 35.5. The Hall–Kier alpha value is -2.14. The number of nitrogens with zero attached hydrogens (tertiary/aromatic N) is 2. The van der Waals surface area contributed by atoms with Crippen LogP contribution in [0.5, 0.6) is 0 Å². The third-order valence-electron chi connectivity index (χ3n) is 3.70. The van der Waals surface area contributed by atoms with Gasteiger partial charge in [-0.15, -0.1) is 0 Å². The maximum Gasteiger partial charge on any atom is 0.187 e. The molecule has 0 radical (unpaired) electrons. The number of ketones is 1. The molecule has 0 bridgehead atoms. The number of hydrogen-bond acceptors (Lipinski definition) is 4. The zero-order valence-corrected chi connectivity index (χ0v) is 16.4. The van der Waals surface area contributed by atoms with E-state index in [9.17, 15) is 4.79 Å². The summed E-state index contributed by atoms with van der Waals surface area (Å²) >= 11 is 13.5. The fraction of sp³-hybridized carbons (Fsp3) is 0.100. The van der Waals surface area contributed by atoms with Crippen LogP contribution < -0.4 is 4.90 Å². The maximum absolute atomic E-state index is 12.2. The van der Waals surface area contributed by atoms with Crippen LogP contribution in [-0.4, -0.2) is 17.8 Å². The minimum absolute atomic E-state index is 0.106. The molecule has 0 spiro atoms. The lowest BCUT2D eigenvalue weighted by atomic mass is 10.1. The lowest BCUT2D eigenvalue weighted by Crippen LogP contribution is -2.15. The fourth-order valence-corrected chi connectivity index (χ4v) is 3.61. The van der Waals surface area contributed by atoms with Gasteiger partial charge in [0.15, 0.2) is 10.9 Å². The van der Waals surface area contributed by atoms with Crippen LogP contribution in [0.2, 0.25) is 10.2 Å². The molecule has 6 heteroatoms. The molecule has 132 valence electrons. The van der Waals surface area contributed by atoms with Gasteiger partial charge < -0.3 is 4.90 Å². The third-order valence-corrected chi connectivity index (χ3v) is 5.49. The summed E-state index contributed by atoms with van der Waals surface area (Å²) in [6, 6.07) is 16.9. The number of aromatic nitrogens is 1. The number of allylic oxidation sites excluding steroid dienone is 1. The summed E-state index contributed by atoms with van der Waals surface area (Å²) in [6.45, 7) is 0.734. The first kappa shape index (κ1) is 18.6. The van der Waals surface area contributed by atoms with Gasteiger partial charge in [-0.05, 0) is 42.0 Å². The second-order valence-corrected chi connectivity index (χ2v) is 7.50. The highest BCUT2D eigenvalue weighted by molar-refractivity contribution is 7.17. The minimum atomic E-state index is -0.106. The Morgan fingerprint density at radius 3 is 2.50 bits per heavy atom. The Labute approximate surface area is 166 Å². The molecule has 3 nitrogen and oxygen atoms in total. The third kappa shape index (κ3) is 4.73. The molecule has 1 heterocycles. The van der Waals surface area contributed by atoms with Gasteiger partial charge in [-0.3, -0.25) is 4.79 Å². The van der Waals surface area contributed by atoms with Crippen LogP contribution in [0.1, 0.15) is 20.8 Å². The molecule has 3 aromatic rings. The molecule has 0 saturated heterocycles. The summed E-state index contributed by atoms with van der Waals surface area (Å²) in [5, 5.41) is 1.80. The average Bonchev–Trinajstić information content (AvgIpc) is 3.02.